The highest BCUT2D eigenvalue weighted by atomic mass is 16.5. The Bertz CT molecular complexity index is 546. The lowest BCUT2D eigenvalue weighted by atomic mass is 9.97. The van der Waals surface area contributed by atoms with Gasteiger partial charge >= 0.3 is 5.97 Å². The number of piperidine rings is 1. The Labute approximate surface area is 142 Å². The van der Waals surface area contributed by atoms with E-state index >= 15 is 0 Å². The van der Waals surface area contributed by atoms with Crippen molar-refractivity contribution in [3.05, 3.63) is 24.2 Å². The van der Waals surface area contributed by atoms with Gasteiger partial charge in [0.25, 0.3) is 0 Å². The third-order valence-electron chi connectivity index (χ3n) is 4.25. The van der Waals surface area contributed by atoms with Crippen LogP contribution in [0.1, 0.15) is 32.4 Å². The van der Waals surface area contributed by atoms with E-state index in [1.54, 1.807) is 19.1 Å². The fraction of sp³-hybridized carbons (Fsp3) is 0.647. The number of hydrogen-bond donors (Lipinski definition) is 2. The van der Waals surface area contributed by atoms with Gasteiger partial charge in [-0.05, 0) is 38.8 Å². The maximum atomic E-state index is 11.6. The fourth-order valence-corrected chi connectivity index (χ4v) is 2.81. The van der Waals surface area contributed by atoms with Gasteiger partial charge in [0.2, 0.25) is 0 Å². The molecule has 2 heterocycles. The lowest BCUT2D eigenvalue weighted by Gasteiger charge is -2.33. The van der Waals surface area contributed by atoms with E-state index in [2.05, 4.69) is 15.2 Å². The van der Waals surface area contributed by atoms with Crippen LogP contribution in [0.2, 0.25) is 0 Å². The molecule has 0 saturated carbocycles. The van der Waals surface area contributed by atoms with Crippen LogP contribution in [0.4, 0.5) is 0 Å². The quantitative estimate of drug-likeness (QED) is 0.479. The van der Waals surface area contributed by atoms with Crippen LogP contribution in [-0.4, -0.2) is 55.2 Å². The molecule has 1 unspecified atom stereocenters. The van der Waals surface area contributed by atoms with Gasteiger partial charge in [0.1, 0.15) is 11.4 Å². The number of guanidine groups is 1. The van der Waals surface area contributed by atoms with E-state index in [-0.39, 0.29) is 18.4 Å². The molecule has 0 aromatic carbocycles. The highest BCUT2D eigenvalue weighted by Crippen LogP contribution is 2.22. The number of furan rings is 1. The summed E-state index contributed by atoms with van der Waals surface area (Å²) in [5.41, 5.74) is -1.16. The predicted molar refractivity (Wildman–Crippen MR) is 90.6 cm³/mol. The number of likely N-dealkylation sites (tertiary alicyclic amines) is 1. The zero-order chi connectivity index (χ0) is 17.6. The van der Waals surface area contributed by atoms with Crippen molar-refractivity contribution in [1.29, 1.82) is 0 Å². The molecule has 1 saturated heterocycles. The average molecular weight is 337 g/mol. The van der Waals surface area contributed by atoms with Crippen LogP contribution in [0.5, 0.6) is 0 Å². The number of esters is 1. The van der Waals surface area contributed by atoms with E-state index in [1.807, 2.05) is 6.92 Å². The lowest BCUT2D eigenvalue weighted by molar-refractivity contribution is -0.146. The van der Waals surface area contributed by atoms with Crippen molar-refractivity contribution in [3.8, 4) is 0 Å². The molecular formula is C17H27N3O4. The molecule has 2 rings (SSSR count). The summed E-state index contributed by atoms with van der Waals surface area (Å²) in [6.45, 7) is 6.07. The Morgan fingerprint density at radius 2 is 2.25 bits per heavy atom. The summed E-state index contributed by atoms with van der Waals surface area (Å²) < 4.78 is 10.1. The molecule has 0 amide bonds. The van der Waals surface area contributed by atoms with Gasteiger partial charge < -0.3 is 24.5 Å². The van der Waals surface area contributed by atoms with Crippen molar-refractivity contribution in [1.82, 2.24) is 10.2 Å². The highest BCUT2D eigenvalue weighted by molar-refractivity contribution is 5.80. The minimum atomic E-state index is -1.16. The summed E-state index contributed by atoms with van der Waals surface area (Å²) in [5.74, 6) is 1.05. The molecule has 1 aliphatic heterocycles. The first kappa shape index (κ1) is 18.3. The molecule has 1 aliphatic rings. The zero-order valence-electron chi connectivity index (χ0n) is 14.6. The number of carbonyl (C=O) groups is 1. The van der Waals surface area contributed by atoms with E-state index in [1.165, 1.54) is 13.4 Å². The third-order valence-corrected chi connectivity index (χ3v) is 4.25. The third kappa shape index (κ3) is 4.50. The predicted octanol–water partition coefficient (Wildman–Crippen LogP) is 1.34. The van der Waals surface area contributed by atoms with Gasteiger partial charge in [-0.1, -0.05) is 0 Å². The van der Waals surface area contributed by atoms with Crippen molar-refractivity contribution >= 4 is 11.9 Å². The van der Waals surface area contributed by atoms with Crippen LogP contribution in [0.3, 0.4) is 0 Å². The molecule has 0 radical (unpaired) electrons. The van der Waals surface area contributed by atoms with Crippen LogP contribution < -0.4 is 5.32 Å². The van der Waals surface area contributed by atoms with Gasteiger partial charge in [-0.25, -0.2) is 4.99 Å². The molecule has 1 atom stereocenters. The number of ether oxygens (including phenoxy) is 1. The van der Waals surface area contributed by atoms with Crippen LogP contribution in [0, 0.1) is 5.92 Å². The summed E-state index contributed by atoms with van der Waals surface area (Å²) >= 11 is 0. The highest BCUT2D eigenvalue weighted by Gasteiger charge is 2.29. The molecule has 1 fully saturated rings. The minimum absolute atomic E-state index is 0.0413. The second kappa shape index (κ2) is 8.19. The standard InChI is InChI=1S/C17H27N3O4/c1-4-18-16(19-12-17(2,22)14-6-5-11-24-14)20-9-7-13(8-10-20)15(21)23-3/h5-6,11,13,22H,4,7-10,12H2,1-3H3,(H,18,19). The van der Waals surface area contributed by atoms with E-state index < -0.39 is 5.60 Å². The molecule has 24 heavy (non-hydrogen) atoms. The molecule has 1 aromatic heterocycles. The molecular weight excluding hydrogens is 310 g/mol. The Balaban J connectivity index is 2.00. The first-order valence-corrected chi connectivity index (χ1v) is 8.35. The second-order valence-electron chi connectivity index (χ2n) is 6.21. The summed E-state index contributed by atoms with van der Waals surface area (Å²) in [5, 5.41) is 13.8. The Kier molecular flexibility index (Phi) is 6.25. The van der Waals surface area contributed by atoms with E-state index in [0.717, 1.165) is 38.4 Å². The smallest absolute Gasteiger partial charge is 0.308 e. The minimum Gasteiger partial charge on any atom is -0.469 e. The summed E-state index contributed by atoms with van der Waals surface area (Å²) in [7, 11) is 1.43. The number of rotatable bonds is 5. The monoisotopic (exact) mass is 337 g/mol. The van der Waals surface area contributed by atoms with Gasteiger partial charge in [0.05, 0.1) is 25.8 Å². The zero-order valence-corrected chi connectivity index (χ0v) is 14.6. The van der Waals surface area contributed by atoms with Gasteiger partial charge in [0, 0.05) is 19.6 Å². The number of hydrogen-bond acceptors (Lipinski definition) is 5. The molecule has 7 heteroatoms. The average Bonchev–Trinajstić information content (AvgIpc) is 3.13. The van der Waals surface area contributed by atoms with Crippen LogP contribution >= 0.6 is 0 Å². The number of aliphatic imine (C=N–C) groups is 1. The van der Waals surface area contributed by atoms with Crippen molar-refractivity contribution in [2.45, 2.75) is 32.3 Å². The number of aliphatic hydroxyl groups is 1. The number of methoxy groups -OCH3 is 1. The molecule has 2 N–H and O–H groups in total. The summed E-state index contributed by atoms with van der Waals surface area (Å²) in [4.78, 5) is 18.3. The summed E-state index contributed by atoms with van der Waals surface area (Å²) in [6, 6.07) is 3.49. The second-order valence-corrected chi connectivity index (χ2v) is 6.21. The normalized spacial score (nSPS) is 19.0. The Morgan fingerprint density at radius 3 is 2.79 bits per heavy atom. The largest absolute Gasteiger partial charge is 0.469 e. The Hall–Kier alpha value is -2.02. The van der Waals surface area contributed by atoms with Gasteiger partial charge in [0.15, 0.2) is 5.96 Å². The maximum Gasteiger partial charge on any atom is 0.308 e. The fourth-order valence-electron chi connectivity index (χ4n) is 2.81. The molecule has 1 aromatic rings. The van der Waals surface area contributed by atoms with E-state index in [0.29, 0.717) is 5.76 Å². The topological polar surface area (TPSA) is 87.3 Å². The van der Waals surface area contributed by atoms with Crippen molar-refractivity contribution < 1.29 is 19.1 Å². The molecule has 7 nitrogen and oxygen atoms in total. The van der Waals surface area contributed by atoms with Crippen LogP contribution in [0.15, 0.2) is 27.8 Å². The molecule has 0 spiro atoms. The maximum absolute atomic E-state index is 11.6. The molecule has 0 bridgehead atoms. The van der Waals surface area contributed by atoms with E-state index in [4.69, 9.17) is 9.15 Å². The first-order chi connectivity index (χ1) is 11.5. The van der Waals surface area contributed by atoms with Crippen LogP contribution in [0.25, 0.3) is 0 Å². The Morgan fingerprint density at radius 1 is 1.54 bits per heavy atom. The van der Waals surface area contributed by atoms with Crippen LogP contribution in [-0.2, 0) is 15.1 Å². The van der Waals surface area contributed by atoms with Crippen molar-refractivity contribution in [2.75, 3.05) is 33.3 Å². The van der Waals surface area contributed by atoms with Gasteiger partial charge in [-0.3, -0.25) is 4.79 Å². The first-order valence-electron chi connectivity index (χ1n) is 8.35. The van der Waals surface area contributed by atoms with E-state index in [9.17, 15) is 9.90 Å². The van der Waals surface area contributed by atoms with Crippen molar-refractivity contribution in [3.63, 3.8) is 0 Å². The number of nitrogens with zero attached hydrogens (tertiary/aromatic N) is 2. The van der Waals surface area contributed by atoms with Gasteiger partial charge in [-0.15, -0.1) is 0 Å². The molecule has 134 valence electrons. The van der Waals surface area contributed by atoms with Gasteiger partial charge in [-0.2, -0.15) is 0 Å². The lowest BCUT2D eigenvalue weighted by Crippen LogP contribution is -2.47. The SMILES string of the molecule is CCNC(=NCC(C)(O)c1ccco1)N1CCC(C(=O)OC)CC1. The molecule has 0 aliphatic carbocycles. The summed E-state index contributed by atoms with van der Waals surface area (Å²) in [6.07, 6.45) is 3.02. The van der Waals surface area contributed by atoms with Crippen molar-refractivity contribution in [2.24, 2.45) is 10.9 Å². The number of carbonyl (C=O) groups excluding carboxylic acids is 1. The number of nitrogens with one attached hydrogen (secondary N) is 1.